The monoisotopic (exact) mass is 126 g/mol. The summed E-state index contributed by atoms with van der Waals surface area (Å²) in [6.45, 7) is 6.06. The molecule has 1 aliphatic carbocycles. The second-order valence-electron chi connectivity index (χ2n) is 2.99. The third-order valence-corrected chi connectivity index (χ3v) is 2.13. The van der Waals surface area contributed by atoms with Gasteiger partial charge in [0.15, 0.2) is 0 Å². The van der Waals surface area contributed by atoms with Crippen molar-refractivity contribution in [3.05, 3.63) is 12.2 Å². The topological polar surface area (TPSA) is 20.2 Å². The van der Waals surface area contributed by atoms with Crippen LogP contribution in [0.15, 0.2) is 12.2 Å². The van der Waals surface area contributed by atoms with E-state index in [1.54, 1.807) is 0 Å². The summed E-state index contributed by atoms with van der Waals surface area (Å²) in [5.74, 6) is 0.633. The molecule has 1 saturated carbocycles. The molecule has 0 spiro atoms. The maximum absolute atomic E-state index is 9.14. The summed E-state index contributed by atoms with van der Waals surface area (Å²) in [7, 11) is 0. The van der Waals surface area contributed by atoms with Crippen molar-refractivity contribution in [3.63, 3.8) is 0 Å². The molecule has 0 heterocycles. The highest BCUT2D eigenvalue weighted by Gasteiger charge is 2.18. The molecule has 1 fully saturated rings. The van der Waals surface area contributed by atoms with Crippen LogP contribution in [0.5, 0.6) is 0 Å². The molecule has 0 aromatic carbocycles. The fourth-order valence-electron chi connectivity index (χ4n) is 1.25. The molecule has 0 amide bonds. The SMILES string of the molecule is C=C1C[C@H](O)CC[C@@H]1C. The van der Waals surface area contributed by atoms with Crippen molar-refractivity contribution in [2.24, 2.45) is 5.92 Å². The lowest BCUT2D eigenvalue weighted by Crippen LogP contribution is -2.18. The zero-order valence-electron chi connectivity index (χ0n) is 5.93. The van der Waals surface area contributed by atoms with Gasteiger partial charge in [0.1, 0.15) is 0 Å². The summed E-state index contributed by atoms with van der Waals surface area (Å²) in [6, 6.07) is 0. The lowest BCUT2D eigenvalue weighted by molar-refractivity contribution is 0.138. The van der Waals surface area contributed by atoms with Crippen molar-refractivity contribution in [2.75, 3.05) is 0 Å². The first-order chi connectivity index (χ1) is 4.20. The van der Waals surface area contributed by atoms with Crippen LogP contribution in [-0.4, -0.2) is 11.2 Å². The summed E-state index contributed by atoms with van der Waals surface area (Å²) >= 11 is 0. The van der Waals surface area contributed by atoms with Crippen molar-refractivity contribution in [3.8, 4) is 0 Å². The Labute approximate surface area is 56.4 Å². The van der Waals surface area contributed by atoms with Crippen molar-refractivity contribution in [2.45, 2.75) is 32.3 Å². The fourth-order valence-corrected chi connectivity index (χ4v) is 1.25. The molecular weight excluding hydrogens is 112 g/mol. The quantitative estimate of drug-likeness (QED) is 0.490. The molecule has 0 saturated heterocycles. The van der Waals surface area contributed by atoms with Gasteiger partial charge in [0.05, 0.1) is 6.10 Å². The zero-order chi connectivity index (χ0) is 6.85. The summed E-state index contributed by atoms with van der Waals surface area (Å²) in [4.78, 5) is 0. The van der Waals surface area contributed by atoms with Gasteiger partial charge < -0.3 is 5.11 Å². The van der Waals surface area contributed by atoms with Gasteiger partial charge in [0, 0.05) is 0 Å². The highest BCUT2D eigenvalue weighted by molar-refractivity contribution is 5.03. The van der Waals surface area contributed by atoms with Crippen molar-refractivity contribution in [1.29, 1.82) is 0 Å². The van der Waals surface area contributed by atoms with E-state index < -0.39 is 0 Å². The van der Waals surface area contributed by atoms with E-state index in [9.17, 15) is 0 Å². The third-order valence-electron chi connectivity index (χ3n) is 2.13. The predicted molar refractivity (Wildman–Crippen MR) is 38.2 cm³/mol. The van der Waals surface area contributed by atoms with Crippen LogP contribution < -0.4 is 0 Å². The van der Waals surface area contributed by atoms with E-state index in [2.05, 4.69) is 13.5 Å². The molecule has 0 bridgehead atoms. The van der Waals surface area contributed by atoms with Crippen LogP contribution in [0.25, 0.3) is 0 Å². The number of rotatable bonds is 0. The van der Waals surface area contributed by atoms with E-state index in [4.69, 9.17) is 5.11 Å². The van der Waals surface area contributed by atoms with E-state index >= 15 is 0 Å². The van der Waals surface area contributed by atoms with Gasteiger partial charge in [-0.1, -0.05) is 19.1 Å². The van der Waals surface area contributed by atoms with E-state index in [0.29, 0.717) is 5.92 Å². The minimum absolute atomic E-state index is 0.103. The van der Waals surface area contributed by atoms with Gasteiger partial charge in [-0.25, -0.2) is 0 Å². The molecule has 0 aromatic rings. The summed E-state index contributed by atoms with van der Waals surface area (Å²) < 4.78 is 0. The van der Waals surface area contributed by atoms with Crippen molar-refractivity contribution < 1.29 is 5.11 Å². The Kier molecular flexibility index (Phi) is 1.91. The van der Waals surface area contributed by atoms with Crippen LogP contribution in [0.3, 0.4) is 0 Å². The molecule has 0 unspecified atom stereocenters. The summed E-state index contributed by atoms with van der Waals surface area (Å²) in [5, 5.41) is 9.14. The average molecular weight is 126 g/mol. The lowest BCUT2D eigenvalue weighted by Gasteiger charge is -2.24. The first-order valence-corrected chi connectivity index (χ1v) is 3.56. The molecule has 1 heteroatoms. The van der Waals surface area contributed by atoms with E-state index in [-0.39, 0.29) is 6.10 Å². The Morgan fingerprint density at radius 1 is 1.56 bits per heavy atom. The van der Waals surface area contributed by atoms with Gasteiger partial charge in [0.2, 0.25) is 0 Å². The van der Waals surface area contributed by atoms with Crippen molar-refractivity contribution in [1.82, 2.24) is 0 Å². The summed E-state index contributed by atoms with van der Waals surface area (Å²) in [5.41, 5.74) is 1.22. The zero-order valence-corrected chi connectivity index (χ0v) is 5.93. The minimum atomic E-state index is -0.103. The van der Waals surface area contributed by atoms with Crippen LogP contribution in [-0.2, 0) is 0 Å². The van der Waals surface area contributed by atoms with E-state index in [0.717, 1.165) is 19.3 Å². The van der Waals surface area contributed by atoms with Gasteiger partial charge in [0.25, 0.3) is 0 Å². The maximum Gasteiger partial charge on any atom is 0.0577 e. The smallest absolute Gasteiger partial charge is 0.0577 e. The minimum Gasteiger partial charge on any atom is -0.393 e. The van der Waals surface area contributed by atoms with Gasteiger partial charge in [-0.3, -0.25) is 0 Å². The average Bonchev–Trinajstić information content (AvgIpc) is 1.80. The second-order valence-corrected chi connectivity index (χ2v) is 2.99. The Hall–Kier alpha value is -0.300. The first kappa shape index (κ1) is 6.81. The molecule has 0 radical (unpaired) electrons. The highest BCUT2D eigenvalue weighted by atomic mass is 16.3. The van der Waals surface area contributed by atoms with E-state index in [1.165, 1.54) is 5.57 Å². The predicted octanol–water partition coefficient (Wildman–Crippen LogP) is 1.72. The molecule has 2 atom stereocenters. The Morgan fingerprint density at radius 3 is 2.67 bits per heavy atom. The number of hydrogen-bond acceptors (Lipinski definition) is 1. The Bertz CT molecular complexity index is 118. The molecule has 1 aliphatic rings. The van der Waals surface area contributed by atoms with Gasteiger partial charge in [-0.2, -0.15) is 0 Å². The fraction of sp³-hybridized carbons (Fsp3) is 0.750. The van der Waals surface area contributed by atoms with Gasteiger partial charge in [-0.05, 0) is 25.2 Å². The lowest BCUT2D eigenvalue weighted by atomic mass is 9.85. The molecule has 0 aliphatic heterocycles. The Balaban J connectivity index is 2.44. The van der Waals surface area contributed by atoms with Gasteiger partial charge in [-0.15, -0.1) is 0 Å². The van der Waals surface area contributed by atoms with Crippen LogP contribution in [0.4, 0.5) is 0 Å². The third kappa shape index (κ3) is 1.55. The highest BCUT2D eigenvalue weighted by Crippen LogP contribution is 2.27. The maximum atomic E-state index is 9.14. The second kappa shape index (κ2) is 2.53. The largest absolute Gasteiger partial charge is 0.393 e. The van der Waals surface area contributed by atoms with Crippen molar-refractivity contribution >= 4 is 0 Å². The first-order valence-electron chi connectivity index (χ1n) is 3.56. The normalized spacial score (nSPS) is 36.9. The number of hydrogen-bond donors (Lipinski definition) is 1. The molecular formula is C8H14O. The van der Waals surface area contributed by atoms with Crippen LogP contribution >= 0.6 is 0 Å². The van der Waals surface area contributed by atoms with Crippen LogP contribution in [0, 0.1) is 5.92 Å². The van der Waals surface area contributed by atoms with Crippen LogP contribution in [0.2, 0.25) is 0 Å². The Morgan fingerprint density at radius 2 is 2.22 bits per heavy atom. The van der Waals surface area contributed by atoms with E-state index in [1.807, 2.05) is 0 Å². The number of aliphatic hydroxyl groups is 1. The molecule has 0 aromatic heterocycles. The molecule has 1 rings (SSSR count). The van der Waals surface area contributed by atoms with Gasteiger partial charge >= 0.3 is 0 Å². The molecule has 52 valence electrons. The molecule has 9 heavy (non-hydrogen) atoms. The van der Waals surface area contributed by atoms with Crippen LogP contribution in [0.1, 0.15) is 26.2 Å². The number of aliphatic hydroxyl groups excluding tert-OH is 1. The molecule has 1 N–H and O–H groups in total. The summed E-state index contributed by atoms with van der Waals surface area (Å²) in [6.07, 6.45) is 2.79. The standard InChI is InChI=1S/C8H14O/c1-6-3-4-8(9)5-7(6)2/h6,8-9H,2-5H2,1H3/t6-,8+/m0/s1. The molecule has 1 nitrogen and oxygen atoms in total.